The average Bonchev–Trinajstić information content (AvgIpc) is 2.92. The average molecular weight is 249 g/mol. The summed E-state index contributed by atoms with van der Waals surface area (Å²) in [7, 11) is 1.32. The Hall–Kier alpha value is -2.04. The van der Waals surface area contributed by atoms with E-state index < -0.39 is 5.97 Å². The van der Waals surface area contributed by atoms with E-state index in [1.54, 1.807) is 29.2 Å². The SMILES string of the molecule is COC(=O)c1ccc(OC(=O)N2CCCC2)cc1. The van der Waals surface area contributed by atoms with Gasteiger partial charge in [0.15, 0.2) is 0 Å². The van der Waals surface area contributed by atoms with Crippen LogP contribution in [-0.2, 0) is 4.74 Å². The van der Waals surface area contributed by atoms with Crippen LogP contribution in [0.15, 0.2) is 24.3 Å². The summed E-state index contributed by atoms with van der Waals surface area (Å²) in [5, 5.41) is 0. The summed E-state index contributed by atoms with van der Waals surface area (Å²) in [5.74, 6) is 0.0203. The van der Waals surface area contributed by atoms with Gasteiger partial charge in [-0.25, -0.2) is 9.59 Å². The third-order valence-electron chi connectivity index (χ3n) is 2.84. The summed E-state index contributed by atoms with van der Waals surface area (Å²) >= 11 is 0. The van der Waals surface area contributed by atoms with Gasteiger partial charge in [0.2, 0.25) is 0 Å². The summed E-state index contributed by atoms with van der Waals surface area (Å²) in [6, 6.07) is 6.30. The highest BCUT2D eigenvalue weighted by Gasteiger charge is 2.19. The summed E-state index contributed by atoms with van der Waals surface area (Å²) in [5.41, 5.74) is 0.429. The molecule has 5 nitrogen and oxygen atoms in total. The number of hydrogen-bond acceptors (Lipinski definition) is 4. The van der Waals surface area contributed by atoms with E-state index in [9.17, 15) is 9.59 Å². The van der Waals surface area contributed by atoms with Gasteiger partial charge >= 0.3 is 12.1 Å². The molecule has 0 unspecified atom stereocenters. The van der Waals surface area contributed by atoms with Gasteiger partial charge in [0.25, 0.3) is 0 Å². The van der Waals surface area contributed by atoms with Crippen molar-refractivity contribution in [2.75, 3.05) is 20.2 Å². The number of benzene rings is 1. The molecule has 1 aromatic carbocycles. The van der Waals surface area contributed by atoms with Crippen LogP contribution in [-0.4, -0.2) is 37.2 Å². The quantitative estimate of drug-likeness (QED) is 0.753. The molecule has 1 aliphatic heterocycles. The molecule has 2 rings (SSSR count). The third kappa shape index (κ3) is 2.80. The number of ether oxygens (including phenoxy) is 2. The fourth-order valence-corrected chi connectivity index (χ4v) is 1.84. The highest BCUT2D eigenvalue weighted by atomic mass is 16.6. The zero-order chi connectivity index (χ0) is 13.0. The van der Waals surface area contributed by atoms with Crippen LogP contribution < -0.4 is 4.74 Å². The highest BCUT2D eigenvalue weighted by molar-refractivity contribution is 5.89. The van der Waals surface area contributed by atoms with Crippen LogP contribution in [0.4, 0.5) is 4.79 Å². The molecular formula is C13H15NO4. The highest BCUT2D eigenvalue weighted by Crippen LogP contribution is 2.16. The molecule has 0 aromatic heterocycles. The van der Waals surface area contributed by atoms with Crippen LogP contribution >= 0.6 is 0 Å². The largest absolute Gasteiger partial charge is 0.465 e. The van der Waals surface area contributed by atoms with Crippen molar-refractivity contribution in [3.05, 3.63) is 29.8 Å². The van der Waals surface area contributed by atoms with Gasteiger partial charge in [-0.3, -0.25) is 0 Å². The first-order chi connectivity index (χ1) is 8.70. The Bertz CT molecular complexity index is 435. The number of hydrogen-bond donors (Lipinski definition) is 0. The third-order valence-corrected chi connectivity index (χ3v) is 2.84. The molecule has 1 amide bonds. The number of nitrogens with zero attached hydrogens (tertiary/aromatic N) is 1. The van der Waals surface area contributed by atoms with Crippen molar-refractivity contribution < 1.29 is 19.1 Å². The number of carbonyl (C=O) groups is 2. The molecule has 1 heterocycles. The summed E-state index contributed by atoms with van der Waals surface area (Å²) in [6.07, 6.45) is 1.71. The zero-order valence-electron chi connectivity index (χ0n) is 10.2. The summed E-state index contributed by atoms with van der Waals surface area (Å²) in [4.78, 5) is 24.6. The first kappa shape index (κ1) is 12.4. The zero-order valence-corrected chi connectivity index (χ0v) is 10.2. The Morgan fingerprint density at radius 3 is 2.28 bits per heavy atom. The van der Waals surface area contributed by atoms with Gasteiger partial charge in [-0.1, -0.05) is 0 Å². The first-order valence-electron chi connectivity index (χ1n) is 5.86. The second kappa shape index (κ2) is 5.53. The molecular weight excluding hydrogens is 234 g/mol. The van der Waals surface area contributed by atoms with Gasteiger partial charge < -0.3 is 14.4 Å². The summed E-state index contributed by atoms with van der Waals surface area (Å²) in [6.45, 7) is 1.50. The van der Waals surface area contributed by atoms with E-state index in [1.165, 1.54) is 7.11 Å². The lowest BCUT2D eigenvalue weighted by atomic mass is 10.2. The molecule has 1 aliphatic rings. The number of carbonyl (C=O) groups excluding carboxylic acids is 2. The van der Waals surface area contributed by atoms with Gasteiger partial charge in [0.05, 0.1) is 12.7 Å². The van der Waals surface area contributed by atoms with Crippen LogP contribution in [0, 0.1) is 0 Å². The van der Waals surface area contributed by atoms with Gasteiger partial charge in [-0.2, -0.15) is 0 Å². The predicted octanol–water partition coefficient (Wildman–Crippen LogP) is 2.07. The van der Waals surface area contributed by atoms with Crippen molar-refractivity contribution in [3.8, 4) is 5.75 Å². The molecule has 0 saturated carbocycles. The van der Waals surface area contributed by atoms with Crippen LogP contribution in [0.25, 0.3) is 0 Å². The van der Waals surface area contributed by atoms with Gasteiger partial charge in [0.1, 0.15) is 5.75 Å². The maximum atomic E-state index is 11.7. The van der Waals surface area contributed by atoms with Crippen molar-refractivity contribution in [2.24, 2.45) is 0 Å². The molecule has 0 bridgehead atoms. The standard InChI is InChI=1S/C13H15NO4/c1-17-12(15)10-4-6-11(7-5-10)18-13(16)14-8-2-3-9-14/h4-7H,2-3,8-9H2,1H3. The van der Waals surface area contributed by atoms with E-state index in [0.29, 0.717) is 11.3 Å². The Morgan fingerprint density at radius 1 is 1.11 bits per heavy atom. The minimum atomic E-state index is -0.410. The maximum absolute atomic E-state index is 11.7. The number of likely N-dealkylation sites (tertiary alicyclic amines) is 1. The number of esters is 1. The Morgan fingerprint density at radius 2 is 1.72 bits per heavy atom. The van der Waals surface area contributed by atoms with E-state index in [-0.39, 0.29) is 6.09 Å². The fraction of sp³-hybridized carbons (Fsp3) is 0.385. The number of rotatable bonds is 2. The summed E-state index contributed by atoms with van der Waals surface area (Å²) < 4.78 is 9.79. The first-order valence-corrected chi connectivity index (χ1v) is 5.86. The lowest BCUT2D eigenvalue weighted by molar-refractivity contribution is 0.0600. The lowest BCUT2D eigenvalue weighted by Gasteiger charge is -2.14. The van der Waals surface area contributed by atoms with Crippen molar-refractivity contribution in [1.82, 2.24) is 4.90 Å². The van der Waals surface area contributed by atoms with Crippen LogP contribution in [0.5, 0.6) is 5.75 Å². The maximum Gasteiger partial charge on any atom is 0.415 e. The topological polar surface area (TPSA) is 55.8 Å². The molecule has 0 aliphatic carbocycles. The molecule has 1 fully saturated rings. The Balaban J connectivity index is 1.97. The molecule has 0 N–H and O–H groups in total. The van der Waals surface area contributed by atoms with Crippen LogP contribution in [0.3, 0.4) is 0 Å². The van der Waals surface area contributed by atoms with E-state index in [0.717, 1.165) is 25.9 Å². The van der Waals surface area contributed by atoms with Crippen molar-refractivity contribution in [2.45, 2.75) is 12.8 Å². The molecule has 1 saturated heterocycles. The van der Waals surface area contributed by atoms with Crippen molar-refractivity contribution >= 4 is 12.1 Å². The second-order valence-corrected chi connectivity index (χ2v) is 4.08. The van der Waals surface area contributed by atoms with E-state index in [2.05, 4.69) is 4.74 Å². The van der Waals surface area contributed by atoms with Gasteiger partial charge in [-0.05, 0) is 37.1 Å². The molecule has 0 radical (unpaired) electrons. The molecule has 0 spiro atoms. The van der Waals surface area contributed by atoms with Crippen molar-refractivity contribution in [1.29, 1.82) is 0 Å². The molecule has 0 atom stereocenters. The number of amides is 1. The van der Waals surface area contributed by atoms with Gasteiger partial charge in [-0.15, -0.1) is 0 Å². The van der Waals surface area contributed by atoms with Crippen molar-refractivity contribution in [3.63, 3.8) is 0 Å². The molecule has 18 heavy (non-hydrogen) atoms. The molecule has 5 heteroatoms. The number of methoxy groups -OCH3 is 1. The molecule has 1 aromatic rings. The molecule has 96 valence electrons. The predicted molar refractivity (Wildman–Crippen MR) is 64.6 cm³/mol. The van der Waals surface area contributed by atoms with E-state index >= 15 is 0 Å². The second-order valence-electron chi connectivity index (χ2n) is 4.08. The minimum absolute atomic E-state index is 0.335. The van der Waals surface area contributed by atoms with Gasteiger partial charge in [0, 0.05) is 13.1 Å². The fourth-order valence-electron chi connectivity index (χ4n) is 1.84. The van der Waals surface area contributed by atoms with E-state index in [1.807, 2.05) is 0 Å². The van der Waals surface area contributed by atoms with Crippen LogP contribution in [0.1, 0.15) is 23.2 Å². The Labute approximate surface area is 105 Å². The normalized spacial score (nSPS) is 14.4. The Kier molecular flexibility index (Phi) is 3.82. The minimum Gasteiger partial charge on any atom is -0.465 e. The smallest absolute Gasteiger partial charge is 0.415 e. The van der Waals surface area contributed by atoms with Crippen LogP contribution in [0.2, 0.25) is 0 Å². The van der Waals surface area contributed by atoms with E-state index in [4.69, 9.17) is 4.74 Å². The monoisotopic (exact) mass is 249 g/mol. The lowest BCUT2D eigenvalue weighted by Crippen LogP contribution is -2.30.